The fraction of sp³-hybridized carbons (Fsp3) is 0.200. The first-order valence-electron chi connectivity index (χ1n) is 2.34. The van der Waals surface area contributed by atoms with Crippen molar-refractivity contribution in [3.8, 4) is 5.75 Å². The molecule has 0 atom stereocenters. The van der Waals surface area contributed by atoms with Gasteiger partial charge in [0.25, 0.3) is 0 Å². The normalized spacial score (nSPS) is 9.11. The van der Waals surface area contributed by atoms with Gasteiger partial charge in [-0.15, -0.1) is 0 Å². The highest BCUT2D eigenvalue weighted by Gasteiger charge is 1.96. The van der Waals surface area contributed by atoms with Crippen molar-refractivity contribution in [3.05, 3.63) is 17.7 Å². The van der Waals surface area contributed by atoms with Gasteiger partial charge in [-0.2, -0.15) is 0 Å². The summed E-state index contributed by atoms with van der Waals surface area (Å²) in [6.45, 7) is 0. The van der Waals surface area contributed by atoms with Gasteiger partial charge >= 0.3 is 0 Å². The van der Waals surface area contributed by atoms with Crippen molar-refractivity contribution in [1.29, 1.82) is 0 Å². The van der Waals surface area contributed by atoms with Crippen molar-refractivity contribution in [3.63, 3.8) is 0 Å². The molecule has 1 aromatic rings. The number of ether oxygens (including phenoxy) is 1. The zero-order chi connectivity index (χ0) is 6.69. The molecule has 0 radical (unpaired) electrons. The van der Waals surface area contributed by atoms with E-state index in [0.717, 1.165) is 0 Å². The molecule has 0 aliphatic heterocycles. The Hall–Kier alpha value is -0.830. The molecule has 0 fully saturated rings. The summed E-state index contributed by atoms with van der Waals surface area (Å²) < 4.78 is 4.79. The molecule has 0 aliphatic rings. The lowest BCUT2D eigenvalue weighted by molar-refractivity contribution is 0.411. The van der Waals surface area contributed by atoms with Crippen molar-refractivity contribution in [1.82, 2.24) is 9.97 Å². The minimum atomic E-state index is 0.340. The number of rotatable bonds is 1. The lowest BCUT2D eigenvalue weighted by atomic mass is 10.6. The van der Waals surface area contributed by atoms with E-state index in [-0.39, 0.29) is 0 Å². The van der Waals surface area contributed by atoms with Crippen molar-refractivity contribution in [2.45, 2.75) is 0 Å². The fourth-order valence-electron chi connectivity index (χ4n) is 0.439. The molecule has 0 aromatic carbocycles. The Kier molecular flexibility index (Phi) is 1.85. The van der Waals surface area contributed by atoms with Gasteiger partial charge in [0.05, 0.1) is 13.3 Å². The second kappa shape index (κ2) is 2.64. The van der Waals surface area contributed by atoms with Gasteiger partial charge in [-0.3, -0.25) is 0 Å². The van der Waals surface area contributed by atoms with Gasteiger partial charge < -0.3 is 4.74 Å². The molecule has 4 heteroatoms. The van der Waals surface area contributed by atoms with Crippen LogP contribution in [-0.4, -0.2) is 17.1 Å². The number of hydrogen-bond donors (Lipinski definition) is 0. The maximum atomic E-state index is 5.55. The highest BCUT2D eigenvalue weighted by Crippen LogP contribution is 2.17. The SMILES string of the molecule is COc1cncnc1Cl. The summed E-state index contributed by atoms with van der Waals surface area (Å²) in [4.78, 5) is 7.38. The van der Waals surface area contributed by atoms with E-state index in [2.05, 4.69) is 9.97 Å². The van der Waals surface area contributed by atoms with Crippen LogP contribution >= 0.6 is 11.6 Å². The van der Waals surface area contributed by atoms with Gasteiger partial charge in [-0.25, -0.2) is 9.97 Å². The molecule has 9 heavy (non-hydrogen) atoms. The van der Waals surface area contributed by atoms with Gasteiger partial charge in [0.1, 0.15) is 6.33 Å². The van der Waals surface area contributed by atoms with Crippen LogP contribution in [0.1, 0.15) is 0 Å². The van der Waals surface area contributed by atoms with E-state index in [1.54, 1.807) is 0 Å². The van der Waals surface area contributed by atoms with E-state index in [1.165, 1.54) is 19.6 Å². The maximum Gasteiger partial charge on any atom is 0.174 e. The highest BCUT2D eigenvalue weighted by molar-refractivity contribution is 6.30. The Morgan fingerprint density at radius 1 is 1.67 bits per heavy atom. The van der Waals surface area contributed by atoms with Crippen LogP contribution in [0.3, 0.4) is 0 Å². The monoisotopic (exact) mass is 144 g/mol. The lowest BCUT2D eigenvalue weighted by Gasteiger charge is -1.96. The Bertz CT molecular complexity index is 204. The predicted octanol–water partition coefficient (Wildman–Crippen LogP) is 1.14. The Morgan fingerprint density at radius 2 is 2.44 bits per heavy atom. The minimum absolute atomic E-state index is 0.340. The second-order valence-corrected chi connectivity index (χ2v) is 1.74. The molecule has 1 aromatic heterocycles. The average Bonchev–Trinajstić information content (AvgIpc) is 1.89. The second-order valence-electron chi connectivity index (χ2n) is 1.38. The molecular weight excluding hydrogens is 140 g/mol. The third-order valence-corrected chi connectivity index (χ3v) is 1.14. The van der Waals surface area contributed by atoms with Gasteiger partial charge in [0, 0.05) is 0 Å². The van der Waals surface area contributed by atoms with Crippen LogP contribution in [0.25, 0.3) is 0 Å². The van der Waals surface area contributed by atoms with Crippen LogP contribution in [-0.2, 0) is 0 Å². The molecule has 1 rings (SSSR count). The van der Waals surface area contributed by atoms with Crippen LogP contribution in [0.5, 0.6) is 5.75 Å². The molecule has 1 heterocycles. The van der Waals surface area contributed by atoms with Crippen LogP contribution in [0, 0.1) is 0 Å². The summed E-state index contributed by atoms with van der Waals surface area (Å²) in [6.07, 6.45) is 2.88. The minimum Gasteiger partial charge on any atom is -0.492 e. The van der Waals surface area contributed by atoms with E-state index >= 15 is 0 Å². The zero-order valence-corrected chi connectivity index (χ0v) is 5.59. The van der Waals surface area contributed by atoms with E-state index in [9.17, 15) is 0 Å². The molecule has 0 saturated carbocycles. The molecular formula is C5H5ClN2O. The summed E-state index contributed by atoms with van der Waals surface area (Å²) >= 11 is 5.55. The topological polar surface area (TPSA) is 35.0 Å². The first-order chi connectivity index (χ1) is 4.34. The summed E-state index contributed by atoms with van der Waals surface area (Å²) in [5, 5.41) is 0.340. The Labute approximate surface area is 57.7 Å². The number of halogens is 1. The smallest absolute Gasteiger partial charge is 0.174 e. The summed E-state index contributed by atoms with van der Waals surface area (Å²) in [5.41, 5.74) is 0. The van der Waals surface area contributed by atoms with Crippen molar-refractivity contribution >= 4 is 11.6 Å². The quantitative estimate of drug-likeness (QED) is 0.555. The van der Waals surface area contributed by atoms with E-state index < -0.39 is 0 Å². The molecule has 0 amide bonds. The molecule has 3 nitrogen and oxygen atoms in total. The van der Waals surface area contributed by atoms with Gasteiger partial charge in [0.15, 0.2) is 10.9 Å². The number of methoxy groups -OCH3 is 1. The third-order valence-electron chi connectivity index (χ3n) is 0.853. The van der Waals surface area contributed by atoms with Crippen molar-refractivity contribution < 1.29 is 4.74 Å². The van der Waals surface area contributed by atoms with E-state index in [0.29, 0.717) is 10.9 Å². The first kappa shape index (κ1) is 6.29. The summed E-state index contributed by atoms with van der Waals surface area (Å²) in [6, 6.07) is 0. The molecule has 0 bridgehead atoms. The third kappa shape index (κ3) is 1.29. The van der Waals surface area contributed by atoms with Crippen molar-refractivity contribution in [2.24, 2.45) is 0 Å². The zero-order valence-electron chi connectivity index (χ0n) is 4.84. The number of nitrogens with zero attached hydrogens (tertiary/aromatic N) is 2. The molecule has 48 valence electrons. The highest BCUT2D eigenvalue weighted by atomic mass is 35.5. The van der Waals surface area contributed by atoms with Gasteiger partial charge in [0.2, 0.25) is 0 Å². The lowest BCUT2D eigenvalue weighted by Crippen LogP contribution is -1.86. The van der Waals surface area contributed by atoms with Crippen molar-refractivity contribution in [2.75, 3.05) is 7.11 Å². The first-order valence-corrected chi connectivity index (χ1v) is 2.72. The van der Waals surface area contributed by atoms with Gasteiger partial charge in [-0.05, 0) is 0 Å². The van der Waals surface area contributed by atoms with Crippen LogP contribution in [0.2, 0.25) is 5.15 Å². The summed E-state index contributed by atoms with van der Waals surface area (Å²) in [5.74, 6) is 0.499. The average molecular weight is 145 g/mol. The largest absolute Gasteiger partial charge is 0.492 e. The standard InChI is InChI=1S/C5H5ClN2O/c1-9-4-2-7-3-8-5(4)6/h2-3H,1H3. The molecule has 0 unspecified atom stereocenters. The molecule has 0 aliphatic carbocycles. The molecule has 0 N–H and O–H groups in total. The Balaban J connectivity index is 3.01. The van der Waals surface area contributed by atoms with E-state index in [1.807, 2.05) is 0 Å². The molecule has 0 saturated heterocycles. The van der Waals surface area contributed by atoms with Crippen LogP contribution in [0.15, 0.2) is 12.5 Å². The number of aromatic nitrogens is 2. The van der Waals surface area contributed by atoms with Crippen LogP contribution < -0.4 is 4.74 Å². The predicted molar refractivity (Wildman–Crippen MR) is 33.6 cm³/mol. The van der Waals surface area contributed by atoms with Crippen LogP contribution in [0.4, 0.5) is 0 Å². The fourth-order valence-corrected chi connectivity index (χ4v) is 0.608. The van der Waals surface area contributed by atoms with E-state index in [4.69, 9.17) is 16.3 Å². The Morgan fingerprint density at radius 3 is 2.89 bits per heavy atom. The van der Waals surface area contributed by atoms with Gasteiger partial charge in [-0.1, -0.05) is 11.6 Å². The number of hydrogen-bond acceptors (Lipinski definition) is 3. The maximum absolute atomic E-state index is 5.55. The molecule has 0 spiro atoms. The summed E-state index contributed by atoms with van der Waals surface area (Å²) in [7, 11) is 1.52.